The second kappa shape index (κ2) is 7.63. The monoisotopic (exact) mass is 434 g/mol. The van der Waals surface area contributed by atoms with E-state index in [4.69, 9.17) is 11.6 Å². The largest absolute Gasteiger partial charge is 0.416 e. The SMILES string of the molecule is CS(=O)(=O)NCC1CCCCN1S(=O)(=O)c1cc(C(F)(F)F)ccc1Cl. The van der Waals surface area contributed by atoms with Gasteiger partial charge in [0.05, 0.1) is 16.8 Å². The van der Waals surface area contributed by atoms with E-state index >= 15 is 0 Å². The maximum absolute atomic E-state index is 12.9. The molecule has 1 saturated heterocycles. The van der Waals surface area contributed by atoms with E-state index in [0.29, 0.717) is 31.4 Å². The molecule has 1 fully saturated rings. The Morgan fingerprint density at radius 3 is 2.46 bits per heavy atom. The highest BCUT2D eigenvalue weighted by molar-refractivity contribution is 7.89. The fraction of sp³-hybridized carbons (Fsp3) is 0.571. The van der Waals surface area contributed by atoms with E-state index in [1.807, 2.05) is 0 Å². The van der Waals surface area contributed by atoms with E-state index in [1.54, 1.807) is 0 Å². The van der Waals surface area contributed by atoms with Crippen LogP contribution < -0.4 is 4.72 Å². The standard InChI is InChI=1S/C14H18ClF3N2O4S2/c1-25(21,22)19-9-11-4-2-3-7-20(11)26(23,24)13-8-10(14(16,17)18)5-6-12(13)15/h5-6,8,11,19H,2-4,7,9H2,1H3. The first-order chi connectivity index (χ1) is 11.8. The normalized spacial score (nSPS) is 20.3. The highest BCUT2D eigenvalue weighted by atomic mass is 35.5. The third-order valence-corrected chi connectivity index (χ3v) is 7.12. The van der Waals surface area contributed by atoms with E-state index in [-0.39, 0.29) is 18.1 Å². The molecule has 0 spiro atoms. The fourth-order valence-electron chi connectivity index (χ4n) is 2.75. The molecule has 1 aliphatic rings. The highest BCUT2D eigenvalue weighted by Gasteiger charge is 2.37. The average Bonchev–Trinajstić information content (AvgIpc) is 2.51. The molecule has 26 heavy (non-hydrogen) atoms. The number of alkyl halides is 3. The number of benzene rings is 1. The van der Waals surface area contributed by atoms with Crippen LogP contribution in [-0.4, -0.2) is 46.5 Å². The molecule has 1 atom stereocenters. The second-order valence-electron chi connectivity index (χ2n) is 6.03. The summed E-state index contributed by atoms with van der Waals surface area (Å²) in [5, 5.41) is -0.321. The van der Waals surface area contributed by atoms with Gasteiger partial charge in [0.2, 0.25) is 20.0 Å². The van der Waals surface area contributed by atoms with Crippen molar-refractivity contribution in [2.75, 3.05) is 19.3 Å². The lowest BCUT2D eigenvalue weighted by Gasteiger charge is -2.35. The van der Waals surface area contributed by atoms with Crippen molar-refractivity contribution in [2.45, 2.75) is 36.4 Å². The molecule has 1 N–H and O–H groups in total. The molecule has 1 heterocycles. The van der Waals surface area contributed by atoms with Crippen molar-refractivity contribution in [3.63, 3.8) is 0 Å². The molecule has 1 aromatic rings. The second-order valence-corrected chi connectivity index (χ2v) is 10.1. The van der Waals surface area contributed by atoms with Gasteiger partial charge in [0, 0.05) is 19.1 Å². The summed E-state index contributed by atoms with van der Waals surface area (Å²) in [5.41, 5.74) is -1.12. The minimum absolute atomic E-state index is 0.0744. The van der Waals surface area contributed by atoms with Crippen LogP contribution >= 0.6 is 11.6 Å². The van der Waals surface area contributed by atoms with Crippen molar-refractivity contribution in [1.82, 2.24) is 9.03 Å². The molecule has 0 aromatic heterocycles. The number of halogens is 4. The van der Waals surface area contributed by atoms with Crippen LogP contribution in [0.3, 0.4) is 0 Å². The van der Waals surface area contributed by atoms with Gasteiger partial charge >= 0.3 is 6.18 Å². The zero-order chi connectivity index (χ0) is 19.8. The summed E-state index contributed by atoms with van der Waals surface area (Å²) in [6, 6.07) is 1.41. The topological polar surface area (TPSA) is 83.6 Å². The first-order valence-corrected chi connectivity index (χ1v) is 11.4. The fourth-order valence-corrected chi connectivity index (χ4v) is 5.44. The van der Waals surface area contributed by atoms with Crippen molar-refractivity contribution in [3.8, 4) is 0 Å². The van der Waals surface area contributed by atoms with Gasteiger partial charge in [-0.3, -0.25) is 0 Å². The number of hydrogen-bond donors (Lipinski definition) is 1. The third kappa shape index (κ3) is 5.10. The van der Waals surface area contributed by atoms with Gasteiger partial charge in [-0.05, 0) is 31.0 Å². The van der Waals surface area contributed by atoms with Gasteiger partial charge in [-0.25, -0.2) is 21.6 Å². The maximum Gasteiger partial charge on any atom is 0.416 e. The lowest BCUT2D eigenvalue weighted by molar-refractivity contribution is -0.137. The lowest BCUT2D eigenvalue weighted by Crippen LogP contribution is -2.49. The van der Waals surface area contributed by atoms with E-state index in [2.05, 4.69) is 4.72 Å². The summed E-state index contributed by atoms with van der Waals surface area (Å²) in [6.07, 6.45) is -2.19. The van der Waals surface area contributed by atoms with Gasteiger partial charge in [-0.2, -0.15) is 17.5 Å². The van der Waals surface area contributed by atoms with Gasteiger partial charge in [0.15, 0.2) is 0 Å². The minimum Gasteiger partial charge on any atom is -0.214 e. The third-order valence-electron chi connectivity index (χ3n) is 4.00. The smallest absolute Gasteiger partial charge is 0.214 e. The predicted molar refractivity (Wildman–Crippen MR) is 90.8 cm³/mol. The van der Waals surface area contributed by atoms with Crippen LogP contribution in [0.5, 0.6) is 0 Å². The van der Waals surface area contributed by atoms with Gasteiger partial charge in [0.25, 0.3) is 0 Å². The molecule has 0 saturated carbocycles. The molecule has 12 heteroatoms. The summed E-state index contributed by atoms with van der Waals surface area (Å²) in [7, 11) is -7.86. The molecule has 1 aromatic carbocycles. The first kappa shape index (κ1) is 21.4. The van der Waals surface area contributed by atoms with E-state index in [1.165, 1.54) is 0 Å². The number of hydrogen-bond acceptors (Lipinski definition) is 4. The zero-order valence-electron chi connectivity index (χ0n) is 13.8. The Balaban J connectivity index is 2.41. The molecule has 1 aliphatic heterocycles. The summed E-state index contributed by atoms with van der Waals surface area (Å²) >= 11 is 5.86. The highest BCUT2D eigenvalue weighted by Crippen LogP contribution is 2.35. The van der Waals surface area contributed by atoms with Crippen LogP contribution in [0.15, 0.2) is 23.1 Å². The Morgan fingerprint density at radius 1 is 1.23 bits per heavy atom. The zero-order valence-corrected chi connectivity index (χ0v) is 16.1. The first-order valence-electron chi connectivity index (χ1n) is 7.65. The number of piperidine rings is 1. The van der Waals surface area contributed by atoms with Gasteiger partial charge < -0.3 is 0 Å². The minimum atomic E-state index is -4.71. The Labute approximate surface area is 155 Å². The van der Waals surface area contributed by atoms with Crippen LogP contribution in [0.25, 0.3) is 0 Å². The molecule has 2 rings (SSSR count). The Kier molecular flexibility index (Phi) is 6.28. The Bertz CT molecular complexity index is 873. The molecular formula is C14H18ClF3N2O4S2. The van der Waals surface area contributed by atoms with Gasteiger partial charge in [0.1, 0.15) is 4.90 Å². The quantitative estimate of drug-likeness (QED) is 0.771. The average molecular weight is 435 g/mol. The van der Waals surface area contributed by atoms with E-state index < -0.39 is 42.7 Å². The van der Waals surface area contributed by atoms with Crippen LogP contribution in [0.2, 0.25) is 5.02 Å². The Hall–Kier alpha value is -0.880. The van der Waals surface area contributed by atoms with Crippen LogP contribution in [-0.2, 0) is 26.2 Å². The van der Waals surface area contributed by atoms with Crippen LogP contribution in [0, 0.1) is 0 Å². The molecule has 0 bridgehead atoms. The van der Waals surface area contributed by atoms with Crippen LogP contribution in [0.1, 0.15) is 24.8 Å². The van der Waals surface area contributed by atoms with Gasteiger partial charge in [-0.15, -0.1) is 0 Å². The number of sulfonamides is 2. The van der Waals surface area contributed by atoms with E-state index in [0.717, 1.165) is 16.6 Å². The molecular weight excluding hydrogens is 417 g/mol. The summed E-state index contributed by atoms with van der Waals surface area (Å²) in [6.45, 7) is -0.0837. The summed E-state index contributed by atoms with van der Waals surface area (Å²) < 4.78 is 90.5. The molecule has 0 amide bonds. The maximum atomic E-state index is 12.9. The Morgan fingerprint density at radius 2 is 1.88 bits per heavy atom. The van der Waals surface area contributed by atoms with Crippen molar-refractivity contribution in [3.05, 3.63) is 28.8 Å². The summed E-state index contributed by atoms with van der Waals surface area (Å²) in [4.78, 5) is -0.639. The van der Waals surface area contributed by atoms with Crippen molar-refractivity contribution < 1.29 is 30.0 Å². The van der Waals surface area contributed by atoms with Gasteiger partial charge in [-0.1, -0.05) is 18.0 Å². The molecule has 0 radical (unpaired) electrons. The lowest BCUT2D eigenvalue weighted by atomic mass is 10.1. The van der Waals surface area contributed by atoms with Crippen LogP contribution in [0.4, 0.5) is 13.2 Å². The van der Waals surface area contributed by atoms with Crippen molar-refractivity contribution in [1.29, 1.82) is 0 Å². The molecule has 1 unspecified atom stereocenters. The molecule has 148 valence electrons. The van der Waals surface area contributed by atoms with Crippen molar-refractivity contribution >= 4 is 31.6 Å². The molecule has 0 aliphatic carbocycles. The number of rotatable bonds is 5. The summed E-state index contributed by atoms with van der Waals surface area (Å²) in [5.74, 6) is 0. The van der Waals surface area contributed by atoms with Crippen molar-refractivity contribution in [2.24, 2.45) is 0 Å². The van der Waals surface area contributed by atoms with E-state index in [9.17, 15) is 30.0 Å². The number of nitrogens with zero attached hydrogens (tertiary/aromatic N) is 1. The molecule has 6 nitrogen and oxygen atoms in total. The number of nitrogens with one attached hydrogen (secondary N) is 1. The predicted octanol–water partition coefficient (Wildman–Crippen LogP) is 2.45.